The summed E-state index contributed by atoms with van der Waals surface area (Å²) in [5.74, 6) is -2.56. The lowest BCUT2D eigenvalue weighted by atomic mass is 10.1. The highest BCUT2D eigenvalue weighted by atomic mass is 19.4. The molecule has 0 aromatic heterocycles. The van der Waals surface area contributed by atoms with Gasteiger partial charge in [0, 0.05) is 51.3 Å². The molecule has 1 aromatic carbocycles. The third kappa shape index (κ3) is 10.7. The molecule has 1 aliphatic rings. The molecule has 1 saturated heterocycles. The number of hydrogen-bond donors (Lipinski definition) is 2. The number of rotatable bonds is 8. The van der Waals surface area contributed by atoms with Crippen molar-refractivity contribution in [3.63, 3.8) is 0 Å². The molecule has 0 saturated carbocycles. The molecule has 1 heterocycles. The van der Waals surface area contributed by atoms with E-state index in [1.165, 1.54) is 0 Å². The summed E-state index contributed by atoms with van der Waals surface area (Å²) in [5.41, 5.74) is 2.92. The summed E-state index contributed by atoms with van der Waals surface area (Å²) >= 11 is 0. The standard InChI is InChI=1S/C21H33N3O2.C2HF3O2/c1-4-5-6-10-24(11-7-20(25)23-12-8-22-9-13-23)21(26)19-15-17(2)14-18(3)16-19;3-2(4,5)1(6)7/h14-16,22H,4-13H2,1-3H3;(H,6,7). The molecule has 7 nitrogen and oxygen atoms in total. The number of piperazine rings is 1. The van der Waals surface area contributed by atoms with E-state index in [9.17, 15) is 22.8 Å². The predicted molar refractivity (Wildman–Crippen MR) is 119 cm³/mol. The Bertz CT molecular complexity index is 773. The number of carbonyl (C=O) groups excluding carboxylic acids is 2. The summed E-state index contributed by atoms with van der Waals surface area (Å²) in [4.78, 5) is 38.1. The summed E-state index contributed by atoms with van der Waals surface area (Å²) < 4.78 is 31.7. The zero-order valence-corrected chi connectivity index (χ0v) is 19.5. The smallest absolute Gasteiger partial charge is 0.475 e. The van der Waals surface area contributed by atoms with Crippen molar-refractivity contribution in [2.75, 3.05) is 39.3 Å². The maximum atomic E-state index is 13.0. The minimum absolute atomic E-state index is 0.0426. The van der Waals surface area contributed by atoms with Crippen molar-refractivity contribution < 1.29 is 32.7 Å². The van der Waals surface area contributed by atoms with Crippen LogP contribution in [0.5, 0.6) is 0 Å². The number of halogens is 3. The van der Waals surface area contributed by atoms with Crippen LogP contribution in [0.2, 0.25) is 0 Å². The van der Waals surface area contributed by atoms with Crippen molar-refractivity contribution in [3.05, 3.63) is 34.9 Å². The fourth-order valence-corrected chi connectivity index (χ4v) is 3.45. The van der Waals surface area contributed by atoms with Gasteiger partial charge in [-0.1, -0.05) is 37.0 Å². The van der Waals surface area contributed by atoms with Crippen molar-refractivity contribution in [2.45, 2.75) is 52.6 Å². The number of hydrogen-bond acceptors (Lipinski definition) is 4. The first-order valence-corrected chi connectivity index (χ1v) is 11.1. The number of nitrogens with zero attached hydrogens (tertiary/aromatic N) is 2. The van der Waals surface area contributed by atoms with E-state index in [0.717, 1.165) is 62.1 Å². The third-order valence-electron chi connectivity index (χ3n) is 5.10. The molecule has 0 unspecified atom stereocenters. The molecular weight excluding hydrogens is 439 g/mol. The number of carboxylic acid groups (broad SMARTS) is 1. The van der Waals surface area contributed by atoms with E-state index >= 15 is 0 Å². The zero-order valence-electron chi connectivity index (χ0n) is 19.5. The monoisotopic (exact) mass is 473 g/mol. The number of aryl methyl sites for hydroxylation is 2. The Balaban J connectivity index is 0.000000675. The Kier molecular flexibility index (Phi) is 11.9. The van der Waals surface area contributed by atoms with Gasteiger partial charge in [-0.15, -0.1) is 0 Å². The Labute approximate surface area is 192 Å². The summed E-state index contributed by atoms with van der Waals surface area (Å²) in [6, 6.07) is 5.96. The molecule has 10 heteroatoms. The lowest BCUT2D eigenvalue weighted by molar-refractivity contribution is -0.192. The van der Waals surface area contributed by atoms with Gasteiger partial charge < -0.3 is 20.2 Å². The highest BCUT2D eigenvalue weighted by Gasteiger charge is 2.38. The average molecular weight is 474 g/mol. The van der Waals surface area contributed by atoms with Crippen LogP contribution < -0.4 is 5.32 Å². The van der Waals surface area contributed by atoms with Crippen LogP contribution in [0.4, 0.5) is 13.2 Å². The average Bonchev–Trinajstić information content (AvgIpc) is 2.75. The molecule has 1 fully saturated rings. The van der Waals surface area contributed by atoms with Gasteiger partial charge in [0.25, 0.3) is 5.91 Å². The quantitative estimate of drug-likeness (QED) is 0.565. The number of aliphatic carboxylic acids is 1. The fraction of sp³-hybridized carbons (Fsp3) is 0.609. The van der Waals surface area contributed by atoms with Gasteiger partial charge in [-0.25, -0.2) is 4.79 Å². The summed E-state index contributed by atoms with van der Waals surface area (Å²) in [6.07, 6.45) is -1.48. The highest BCUT2D eigenvalue weighted by molar-refractivity contribution is 5.95. The zero-order chi connectivity index (χ0) is 25.0. The molecule has 0 radical (unpaired) electrons. The topological polar surface area (TPSA) is 90.0 Å². The second-order valence-electron chi connectivity index (χ2n) is 8.06. The molecule has 1 aliphatic heterocycles. The van der Waals surface area contributed by atoms with Gasteiger partial charge in [-0.3, -0.25) is 9.59 Å². The molecule has 0 aliphatic carbocycles. The number of unbranched alkanes of at least 4 members (excludes halogenated alkanes) is 2. The SMILES string of the molecule is CCCCCN(CCC(=O)N1CCNCC1)C(=O)c1cc(C)cc(C)c1.O=C(O)C(F)(F)F. The Morgan fingerprint density at radius 3 is 2.06 bits per heavy atom. The van der Waals surface area contributed by atoms with Crippen molar-refractivity contribution in [3.8, 4) is 0 Å². The van der Waals surface area contributed by atoms with E-state index in [-0.39, 0.29) is 11.8 Å². The molecular formula is C23H34F3N3O4. The summed E-state index contributed by atoms with van der Waals surface area (Å²) in [7, 11) is 0. The summed E-state index contributed by atoms with van der Waals surface area (Å²) in [5, 5.41) is 10.4. The first-order chi connectivity index (χ1) is 15.5. The van der Waals surface area contributed by atoms with Crippen molar-refractivity contribution in [1.82, 2.24) is 15.1 Å². The largest absolute Gasteiger partial charge is 0.490 e. The van der Waals surface area contributed by atoms with Crippen LogP contribution in [0, 0.1) is 13.8 Å². The Hall–Kier alpha value is -2.62. The second-order valence-corrected chi connectivity index (χ2v) is 8.06. The van der Waals surface area contributed by atoms with Crippen LogP contribution in [0.25, 0.3) is 0 Å². The first kappa shape index (κ1) is 28.4. The fourth-order valence-electron chi connectivity index (χ4n) is 3.45. The lowest BCUT2D eigenvalue weighted by Gasteiger charge is -2.29. The minimum atomic E-state index is -5.08. The van der Waals surface area contributed by atoms with Gasteiger partial charge in [0.05, 0.1) is 0 Å². The van der Waals surface area contributed by atoms with E-state index in [1.54, 1.807) is 0 Å². The van der Waals surface area contributed by atoms with Gasteiger partial charge in [-0.2, -0.15) is 13.2 Å². The molecule has 2 N–H and O–H groups in total. The van der Waals surface area contributed by atoms with Crippen molar-refractivity contribution in [1.29, 1.82) is 0 Å². The van der Waals surface area contributed by atoms with Gasteiger partial charge in [0.15, 0.2) is 0 Å². The van der Waals surface area contributed by atoms with Gasteiger partial charge in [-0.05, 0) is 32.4 Å². The van der Waals surface area contributed by atoms with Crippen molar-refractivity contribution in [2.24, 2.45) is 0 Å². The predicted octanol–water partition coefficient (Wildman–Crippen LogP) is 3.39. The van der Waals surface area contributed by atoms with E-state index in [2.05, 4.69) is 18.3 Å². The Morgan fingerprint density at radius 1 is 1.03 bits per heavy atom. The Morgan fingerprint density at radius 2 is 1.58 bits per heavy atom. The molecule has 186 valence electrons. The highest BCUT2D eigenvalue weighted by Crippen LogP contribution is 2.14. The number of amides is 2. The second kappa shape index (κ2) is 13.8. The lowest BCUT2D eigenvalue weighted by Crippen LogP contribution is -2.47. The van der Waals surface area contributed by atoms with Crippen LogP contribution in [-0.4, -0.2) is 78.1 Å². The number of alkyl halides is 3. The van der Waals surface area contributed by atoms with E-state index in [4.69, 9.17) is 9.90 Å². The van der Waals surface area contributed by atoms with Crippen LogP contribution in [0.3, 0.4) is 0 Å². The summed E-state index contributed by atoms with van der Waals surface area (Å²) in [6.45, 7) is 10.6. The molecule has 0 spiro atoms. The van der Waals surface area contributed by atoms with E-state index < -0.39 is 12.1 Å². The first-order valence-electron chi connectivity index (χ1n) is 11.1. The van der Waals surface area contributed by atoms with Gasteiger partial charge >= 0.3 is 12.1 Å². The van der Waals surface area contributed by atoms with Gasteiger partial charge in [0.2, 0.25) is 5.91 Å². The van der Waals surface area contributed by atoms with Crippen LogP contribution in [0.1, 0.15) is 54.1 Å². The van der Waals surface area contributed by atoms with Crippen LogP contribution in [0.15, 0.2) is 18.2 Å². The third-order valence-corrected chi connectivity index (χ3v) is 5.10. The number of carboxylic acids is 1. The molecule has 2 amide bonds. The van der Waals surface area contributed by atoms with Crippen LogP contribution >= 0.6 is 0 Å². The van der Waals surface area contributed by atoms with E-state index in [1.807, 2.05) is 35.8 Å². The molecule has 0 bridgehead atoms. The minimum Gasteiger partial charge on any atom is -0.475 e. The van der Waals surface area contributed by atoms with Gasteiger partial charge in [0.1, 0.15) is 0 Å². The number of benzene rings is 1. The maximum absolute atomic E-state index is 13.0. The molecule has 0 atom stereocenters. The maximum Gasteiger partial charge on any atom is 0.490 e. The molecule has 1 aromatic rings. The molecule has 2 rings (SSSR count). The van der Waals surface area contributed by atoms with Crippen molar-refractivity contribution >= 4 is 17.8 Å². The molecule has 33 heavy (non-hydrogen) atoms. The number of carbonyl (C=O) groups is 3. The van der Waals surface area contributed by atoms with Crippen LogP contribution in [-0.2, 0) is 9.59 Å². The normalized spacial score (nSPS) is 13.7. The van der Waals surface area contributed by atoms with E-state index in [0.29, 0.717) is 19.5 Å². The number of nitrogens with one attached hydrogen (secondary N) is 1.